The van der Waals surface area contributed by atoms with Gasteiger partial charge in [0.1, 0.15) is 5.82 Å². The first-order valence-corrected chi connectivity index (χ1v) is 8.09. The molecule has 0 aliphatic heterocycles. The number of amides is 2. The summed E-state index contributed by atoms with van der Waals surface area (Å²) in [6.07, 6.45) is 9.01. The Balaban J connectivity index is 1.49. The zero-order valence-corrected chi connectivity index (χ0v) is 13.1. The lowest BCUT2D eigenvalue weighted by molar-refractivity contribution is 0.243. The van der Waals surface area contributed by atoms with Gasteiger partial charge in [-0.25, -0.2) is 9.78 Å². The highest BCUT2D eigenvalue weighted by Gasteiger charge is 2.17. The molecule has 1 aliphatic rings. The highest BCUT2D eigenvalue weighted by Crippen LogP contribution is 2.25. The van der Waals surface area contributed by atoms with Crippen LogP contribution in [0.2, 0.25) is 0 Å². The third-order valence-electron chi connectivity index (χ3n) is 4.39. The van der Waals surface area contributed by atoms with E-state index in [9.17, 15) is 4.79 Å². The second-order valence-electron chi connectivity index (χ2n) is 6.08. The average Bonchev–Trinajstić information content (AvgIpc) is 3.07. The van der Waals surface area contributed by atoms with Crippen LogP contribution >= 0.6 is 0 Å². The van der Waals surface area contributed by atoms with Gasteiger partial charge in [0.25, 0.3) is 0 Å². The number of urea groups is 1. The van der Waals surface area contributed by atoms with Crippen LogP contribution in [0.4, 0.5) is 10.6 Å². The number of hydrogen-bond donors (Lipinski definition) is 3. The first-order valence-electron chi connectivity index (χ1n) is 8.09. The van der Waals surface area contributed by atoms with E-state index in [1.165, 1.54) is 19.3 Å². The standard InChI is InChI=1S/C17H18N6O/c24-17(19-7-11-2-1-3-11)23-16-5-4-14-15(22-16)6-12(8-18-14)13-9-20-21-10-13/h4-6,8-11H,1-3,7H2,(H,20,21)(H2,19,22,23,24). The van der Waals surface area contributed by atoms with Gasteiger partial charge >= 0.3 is 6.03 Å². The first-order chi connectivity index (χ1) is 11.8. The van der Waals surface area contributed by atoms with Crippen molar-refractivity contribution >= 4 is 22.9 Å². The molecule has 1 aliphatic carbocycles. The molecular weight excluding hydrogens is 304 g/mol. The van der Waals surface area contributed by atoms with Crippen LogP contribution in [0.3, 0.4) is 0 Å². The van der Waals surface area contributed by atoms with E-state index in [1.807, 2.05) is 12.1 Å². The fourth-order valence-electron chi connectivity index (χ4n) is 2.74. The molecule has 3 heterocycles. The summed E-state index contributed by atoms with van der Waals surface area (Å²) >= 11 is 0. The molecule has 122 valence electrons. The molecule has 2 amide bonds. The highest BCUT2D eigenvalue weighted by molar-refractivity contribution is 5.90. The Hall–Kier alpha value is -2.96. The van der Waals surface area contributed by atoms with Crippen LogP contribution in [-0.2, 0) is 0 Å². The second kappa shape index (κ2) is 6.27. The average molecular weight is 322 g/mol. The number of aromatic nitrogens is 4. The van der Waals surface area contributed by atoms with E-state index < -0.39 is 0 Å². The van der Waals surface area contributed by atoms with Crippen molar-refractivity contribution in [2.24, 2.45) is 5.92 Å². The zero-order chi connectivity index (χ0) is 16.4. The summed E-state index contributed by atoms with van der Waals surface area (Å²) < 4.78 is 0. The summed E-state index contributed by atoms with van der Waals surface area (Å²) in [5.41, 5.74) is 3.38. The molecule has 0 bridgehead atoms. The van der Waals surface area contributed by atoms with Crippen molar-refractivity contribution < 1.29 is 4.79 Å². The summed E-state index contributed by atoms with van der Waals surface area (Å²) in [4.78, 5) is 20.8. The van der Waals surface area contributed by atoms with E-state index >= 15 is 0 Å². The smallest absolute Gasteiger partial charge is 0.320 e. The molecule has 7 heteroatoms. The van der Waals surface area contributed by atoms with Gasteiger partial charge in [0.05, 0.1) is 17.2 Å². The highest BCUT2D eigenvalue weighted by atomic mass is 16.2. The SMILES string of the molecule is O=C(NCC1CCC1)Nc1ccc2ncc(-c3cn[nH]c3)cc2n1. The summed E-state index contributed by atoms with van der Waals surface area (Å²) in [7, 11) is 0. The molecule has 0 saturated heterocycles. The van der Waals surface area contributed by atoms with Gasteiger partial charge in [-0.15, -0.1) is 0 Å². The molecule has 3 aromatic heterocycles. The lowest BCUT2D eigenvalue weighted by Gasteiger charge is -2.25. The lowest BCUT2D eigenvalue weighted by Crippen LogP contribution is -2.35. The van der Waals surface area contributed by atoms with Crippen molar-refractivity contribution in [3.63, 3.8) is 0 Å². The van der Waals surface area contributed by atoms with Crippen LogP contribution in [0, 0.1) is 5.92 Å². The topological polar surface area (TPSA) is 95.6 Å². The number of pyridine rings is 2. The summed E-state index contributed by atoms with van der Waals surface area (Å²) in [5.74, 6) is 1.14. The molecule has 0 unspecified atom stereocenters. The van der Waals surface area contributed by atoms with Crippen LogP contribution in [0.1, 0.15) is 19.3 Å². The van der Waals surface area contributed by atoms with E-state index in [1.54, 1.807) is 24.7 Å². The van der Waals surface area contributed by atoms with Crippen molar-refractivity contribution in [2.75, 3.05) is 11.9 Å². The molecule has 4 rings (SSSR count). The summed E-state index contributed by atoms with van der Waals surface area (Å²) in [6.45, 7) is 0.728. The van der Waals surface area contributed by atoms with Crippen molar-refractivity contribution in [1.82, 2.24) is 25.5 Å². The Labute approximate surface area is 138 Å². The predicted octanol–water partition coefficient (Wildman–Crippen LogP) is 2.94. The first kappa shape index (κ1) is 14.6. The molecule has 3 aromatic rings. The summed E-state index contributed by atoms with van der Waals surface area (Å²) in [6, 6.07) is 5.33. The van der Waals surface area contributed by atoms with Gasteiger partial charge in [0.15, 0.2) is 0 Å². The zero-order valence-electron chi connectivity index (χ0n) is 13.1. The van der Waals surface area contributed by atoms with E-state index in [4.69, 9.17) is 0 Å². The number of H-pyrrole nitrogens is 1. The Kier molecular flexibility index (Phi) is 3.82. The van der Waals surface area contributed by atoms with Crippen LogP contribution < -0.4 is 10.6 Å². The Morgan fingerprint density at radius 3 is 2.88 bits per heavy atom. The maximum Gasteiger partial charge on any atom is 0.320 e. The lowest BCUT2D eigenvalue weighted by atomic mass is 9.85. The Morgan fingerprint density at radius 2 is 2.12 bits per heavy atom. The quantitative estimate of drug-likeness (QED) is 0.688. The number of nitrogens with one attached hydrogen (secondary N) is 3. The molecule has 1 fully saturated rings. The van der Waals surface area contributed by atoms with Crippen LogP contribution in [0.5, 0.6) is 0 Å². The summed E-state index contributed by atoms with van der Waals surface area (Å²) in [5, 5.41) is 12.4. The Morgan fingerprint density at radius 1 is 1.21 bits per heavy atom. The molecular formula is C17H18N6O. The largest absolute Gasteiger partial charge is 0.338 e. The molecule has 7 nitrogen and oxygen atoms in total. The molecule has 0 spiro atoms. The molecule has 0 atom stereocenters. The monoisotopic (exact) mass is 322 g/mol. The number of anilines is 1. The van der Waals surface area contributed by atoms with Gasteiger partial charge in [-0.3, -0.25) is 15.4 Å². The van der Waals surface area contributed by atoms with Gasteiger partial charge in [0, 0.05) is 30.1 Å². The van der Waals surface area contributed by atoms with Crippen molar-refractivity contribution in [3.8, 4) is 11.1 Å². The van der Waals surface area contributed by atoms with Crippen LogP contribution in [0.15, 0.2) is 36.8 Å². The molecule has 0 aromatic carbocycles. The third-order valence-corrected chi connectivity index (χ3v) is 4.39. The van der Waals surface area contributed by atoms with Crippen LogP contribution in [-0.4, -0.2) is 32.7 Å². The minimum Gasteiger partial charge on any atom is -0.338 e. The fraction of sp³-hybridized carbons (Fsp3) is 0.294. The minimum atomic E-state index is -0.215. The predicted molar refractivity (Wildman–Crippen MR) is 91.5 cm³/mol. The fourth-order valence-corrected chi connectivity index (χ4v) is 2.74. The number of aromatic amines is 1. The molecule has 3 N–H and O–H groups in total. The van der Waals surface area contributed by atoms with E-state index in [2.05, 4.69) is 30.8 Å². The number of carbonyl (C=O) groups excluding carboxylic acids is 1. The number of fused-ring (bicyclic) bond motifs is 1. The third kappa shape index (κ3) is 3.05. The van der Waals surface area contributed by atoms with Gasteiger partial charge in [-0.05, 0) is 37.0 Å². The van der Waals surface area contributed by atoms with E-state index in [-0.39, 0.29) is 6.03 Å². The maximum atomic E-state index is 12.0. The van der Waals surface area contributed by atoms with Crippen LogP contribution in [0.25, 0.3) is 22.2 Å². The number of hydrogen-bond acceptors (Lipinski definition) is 4. The normalized spacial score (nSPS) is 14.3. The maximum absolute atomic E-state index is 12.0. The van der Waals surface area contributed by atoms with Gasteiger partial charge in [0.2, 0.25) is 0 Å². The van der Waals surface area contributed by atoms with Crippen molar-refractivity contribution in [3.05, 3.63) is 36.8 Å². The number of carbonyl (C=O) groups is 1. The van der Waals surface area contributed by atoms with Gasteiger partial charge in [-0.2, -0.15) is 5.10 Å². The van der Waals surface area contributed by atoms with Crippen molar-refractivity contribution in [1.29, 1.82) is 0 Å². The second-order valence-corrected chi connectivity index (χ2v) is 6.08. The molecule has 1 saturated carbocycles. The van der Waals surface area contributed by atoms with Gasteiger partial charge < -0.3 is 5.32 Å². The van der Waals surface area contributed by atoms with Gasteiger partial charge in [-0.1, -0.05) is 6.42 Å². The molecule has 24 heavy (non-hydrogen) atoms. The number of nitrogens with zero attached hydrogens (tertiary/aromatic N) is 3. The minimum absolute atomic E-state index is 0.215. The van der Waals surface area contributed by atoms with E-state index in [0.717, 1.165) is 28.7 Å². The molecule has 0 radical (unpaired) electrons. The van der Waals surface area contributed by atoms with Crippen molar-refractivity contribution in [2.45, 2.75) is 19.3 Å². The Bertz CT molecular complexity index is 857. The number of rotatable bonds is 4. The van der Waals surface area contributed by atoms with E-state index in [0.29, 0.717) is 11.7 Å².